The summed E-state index contributed by atoms with van der Waals surface area (Å²) in [6.07, 6.45) is 1.42. The fourth-order valence-corrected chi connectivity index (χ4v) is 3.69. The van der Waals surface area contributed by atoms with Gasteiger partial charge in [-0.25, -0.2) is 8.42 Å². The van der Waals surface area contributed by atoms with Crippen molar-refractivity contribution in [3.8, 4) is 0 Å². The van der Waals surface area contributed by atoms with Crippen LogP contribution in [0.15, 0.2) is 0 Å². The number of hydrogen-bond donors (Lipinski definition) is 1. The highest BCUT2D eigenvalue weighted by atomic mass is 32.2. The van der Waals surface area contributed by atoms with Gasteiger partial charge in [0.1, 0.15) is 6.04 Å². The van der Waals surface area contributed by atoms with E-state index in [0.717, 1.165) is 6.42 Å². The molecule has 0 radical (unpaired) electrons. The van der Waals surface area contributed by atoms with Crippen LogP contribution in [0.2, 0.25) is 0 Å². The second kappa shape index (κ2) is 5.82. The third-order valence-electron chi connectivity index (χ3n) is 3.32. The van der Waals surface area contributed by atoms with Gasteiger partial charge in [0.05, 0.1) is 18.6 Å². The number of nitrogens with one attached hydrogen (secondary N) is 1. The fourth-order valence-electron chi connectivity index (χ4n) is 2.01. The van der Waals surface area contributed by atoms with E-state index in [2.05, 4.69) is 5.32 Å². The Labute approximate surface area is 103 Å². The Morgan fingerprint density at radius 1 is 1.53 bits per heavy atom. The summed E-state index contributed by atoms with van der Waals surface area (Å²) in [6, 6.07) is -0.540. The molecule has 1 N–H and O–H groups in total. The molecule has 0 aromatic rings. The Kier molecular flexibility index (Phi) is 4.94. The van der Waals surface area contributed by atoms with E-state index in [-0.39, 0.29) is 29.4 Å². The van der Waals surface area contributed by atoms with Gasteiger partial charge in [0.25, 0.3) is 0 Å². The number of methoxy groups -OCH3 is 1. The molecule has 0 aliphatic carbocycles. The van der Waals surface area contributed by atoms with Gasteiger partial charge in [0, 0.05) is 6.04 Å². The molecular weight excluding hydrogens is 242 g/mol. The van der Waals surface area contributed by atoms with Crippen LogP contribution in [0.3, 0.4) is 0 Å². The van der Waals surface area contributed by atoms with Crippen LogP contribution >= 0.6 is 0 Å². The third kappa shape index (κ3) is 3.96. The lowest BCUT2D eigenvalue weighted by atomic mass is 9.98. The van der Waals surface area contributed by atoms with Crippen molar-refractivity contribution in [1.82, 2.24) is 5.32 Å². The topological polar surface area (TPSA) is 72.5 Å². The lowest BCUT2D eigenvalue weighted by Crippen LogP contribution is -2.48. The molecule has 6 heteroatoms. The minimum Gasteiger partial charge on any atom is -0.468 e. The summed E-state index contributed by atoms with van der Waals surface area (Å²) in [5.41, 5.74) is 0. The second-order valence-electron chi connectivity index (χ2n) is 4.65. The first-order valence-electron chi connectivity index (χ1n) is 5.94. The molecular formula is C11H21NO4S. The van der Waals surface area contributed by atoms with E-state index in [1.54, 1.807) is 0 Å². The van der Waals surface area contributed by atoms with Gasteiger partial charge in [-0.15, -0.1) is 0 Å². The van der Waals surface area contributed by atoms with Crippen LogP contribution in [0, 0.1) is 5.92 Å². The molecule has 3 unspecified atom stereocenters. The van der Waals surface area contributed by atoms with E-state index in [9.17, 15) is 13.2 Å². The van der Waals surface area contributed by atoms with Crippen LogP contribution in [0.4, 0.5) is 0 Å². The maximum atomic E-state index is 11.6. The molecule has 0 saturated carbocycles. The van der Waals surface area contributed by atoms with Crippen LogP contribution in [0.5, 0.6) is 0 Å². The molecule has 0 amide bonds. The number of carbonyl (C=O) groups excluding carboxylic acids is 1. The Hall–Kier alpha value is -0.620. The molecule has 0 aromatic carbocycles. The zero-order valence-corrected chi connectivity index (χ0v) is 11.4. The monoisotopic (exact) mass is 263 g/mol. The SMILES string of the molecule is CCC(C)C(NC1CCS(=O)(=O)C1)C(=O)OC. The molecule has 1 rings (SSSR count). The first-order valence-corrected chi connectivity index (χ1v) is 7.76. The highest BCUT2D eigenvalue weighted by molar-refractivity contribution is 7.91. The van der Waals surface area contributed by atoms with Crippen LogP contribution in [0.25, 0.3) is 0 Å². The summed E-state index contributed by atoms with van der Waals surface area (Å²) >= 11 is 0. The highest BCUT2D eigenvalue weighted by Crippen LogP contribution is 2.16. The molecule has 100 valence electrons. The zero-order valence-electron chi connectivity index (χ0n) is 10.6. The second-order valence-corrected chi connectivity index (χ2v) is 6.88. The summed E-state index contributed by atoms with van der Waals surface area (Å²) in [4.78, 5) is 11.6. The quantitative estimate of drug-likeness (QED) is 0.725. The van der Waals surface area contributed by atoms with Crippen molar-refractivity contribution in [1.29, 1.82) is 0 Å². The van der Waals surface area contributed by atoms with Crippen molar-refractivity contribution in [2.24, 2.45) is 5.92 Å². The average molecular weight is 263 g/mol. The van der Waals surface area contributed by atoms with Gasteiger partial charge >= 0.3 is 5.97 Å². The standard InChI is InChI=1S/C11H21NO4S/c1-4-8(2)10(11(13)16-3)12-9-5-6-17(14,15)7-9/h8-10,12H,4-7H2,1-3H3. The van der Waals surface area contributed by atoms with Gasteiger partial charge in [-0.3, -0.25) is 4.79 Å². The number of hydrogen-bond acceptors (Lipinski definition) is 5. The van der Waals surface area contributed by atoms with Gasteiger partial charge in [0.15, 0.2) is 9.84 Å². The number of carbonyl (C=O) groups is 1. The third-order valence-corrected chi connectivity index (χ3v) is 5.08. The van der Waals surface area contributed by atoms with E-state index >= 15 is 0 Å². The Bertz CT molecular complexity index is 366. The first-order chi connectivity index (χ1) is 7.89. The number of rotatable bonds is 5. The molecule has 0 spiro atoms. The molecule has 1 saturated heterocycles. The fraction of sp³-hybridized carbons (Fsp3) is 0.909. The summed E-state index contributed by atoms with van der Waals surface area (Å²) in [7, 11) is -1.57. The van der Waals surface area contributed by atoms with Crippen LogP contribution in [-0.4, -0.2) is 45.1 Å². The van der Waals surface area contributed by atoms with Crippen molar-refractivity contribution in [2.75, 3.05) is 18.6 Å². The molecule has 1 aliphatic rings. The molecule has 0 aromatic heterocycles. The zero-order chi connectivity index (χ0) is 13.1. The molecule has 5 nitrogen and oxygen atoms in total. The molecule has 1 fully saturated rings. The summed E-state index contributed by atoms with van der Waals surface area (Å²) in [5, 5.41) is 3.12. The van der Waals surface area contributed by atoms with Crippen molar-refractivity contribution in [3.63, 3.8) is 0 Å². The average Bonchev–Trinajstić information content (AvgIpc) is 2.63. The van der Waals surface area contributed by atoms with Gasteiger partial charge in [-0.05, 0) is 12.3 Å². The molecule has 17 heavy (non-hydrogen) atoms. The van der Waals surface area contributed by atoms with Crippen LogP contribution < -0.4 is 5.32 Å². The van der Waals surface area contributed by atoms with Crippen LogP contribution in [-0.2, 0) is 19.4 Å². The predicted molar refractivity (Wildman–Crippen MR) is 65.5 cm³/mol. The first kappa shape index (κ1) is 14.4. The Morgan fingerprint density at radius 2 is 2.18 bits per heavy atom. The van der Waals surface area contributed by atoms with Crippen molar-refractivity contribution in [3.05, 3.63) is 0 Å². The number of sulfone groups is 1. The molecule has 1 heterocycles. The Balaban J connectivity index is 2.64. The maximum absolute atomic E-state index is 11.6. The van der Waals surface area contributed by atoms with Gasteiger partial charge in [-0.1, -0.05) is 20.3 Å². The minimum absolute atomic E-state index is 0.122. The summed E-state index contributed by atoms with van der Waals surface area (Å²) < 4.78 is 27.4. The van der Waals surface area contributed by atoms with E-state index < -0.39 is 15.9 Å². The number of esters is 1. The van der Waals surface area contributed by atoms with Crippen molar-refractivity contribution >= 4 is 15.8 Å². The van der Waals surface area contributed by atoms with Crippen LogP contribution in [0.1, 0.15) is 26.7 Å². The number of ether oxygens (including phenoxy) is 1. The van der Waals surface area contributed by atoms with Gasteiger partial charge in [0.2, 0.25) is 0 Å². The smallest absolute Gasteiger partial charge is 0.323 e. The van der Waals surface area contributed by atoms with E-state index in [1.165, 1.54) is 7.11 Å². The Morgan fingerprint density at radius 3 is 2.59 bits per heavy atom. The van der Waals surface area contributed by atoms with E-state index in [1.807, 2.05) is 13.8 Å². The molecule has 0 bridgehead atoms. The van der Waals surface area contributed by atoms with Crippen molar-refractivity contribution < 1.29 is 17.9 Å². The normalized spacial score (nSPS) is 26.4. The van der Waals surface area contributed by atoms with E-state index in [0.29, 0.717) is 6.42 Å². The highest BCUT2D eigenvalue weighted by Gasteiger charge is 2.33. The molecule has 1 aliphatic heterocycles. The molecule has 3 atom stereocenters. The lowest BCUT2D eigenvalue weighted by Gasteiger charge is -2.24. The minimum atomic E-state index is -2.92. The van der Waals surface area contributed by atoms with E-state index in [4.69, 9.17) is 4.74 Å². The largest absolute Gasteiger partial charge is 0.468 e. The summed E-state index contributed by atoms with van der Waals surface area (Å²) in [6.45, 7) is 3.95. The predicted octanol–water partition coefficient (Wildman–Crippen LogP) is 0.351. The van der Waals surface area contributed by atoms with Gasteiger partial charge in [-0.2, -0.15) is 0 Å². The van der Waals surface area contributed by atoms with Gasteiger partial charge < -0.3 is 10.1 Å². The maximum Gasteiger partial charge on any atom is 0.323 e. The summed E-state index contributed by atoms with van der Waals surface area (Å²) in [5.74, 6) is 0.144. The lowest BCUT2D eigenvalue weighted by molar-refractivity contribution is -0.144. The van der Waals surface area contributed by atoms with Crippen molar-refractivity contribution in [2.45, 2.75) is 38.8 Å².